The van der Waals surface area contributed by atoms with Crippen molar-refractivity contribution >= 4 is 29.1 Å². The monoisotopic (exact) mass is 246 g/mol. The molecule has 4 heteroatoms. The number of aromatic hydroxyl groups is 1. The van der Waals surface area contributed by atoms with Gasteiger partial charge in [-0.2, -0.15) is 0 Å². The number of halogens is 1. The molecule has 0 radical (unpaired) electrons. The number of pyridine rings is 1. The van der Waals surface area contributed by atoms with Crippen LogP contribution < -0.4 is 5.32 Å². The average molecular weight is 247 g/mol. The molecule has 0 aliphatic heterocycles. The van der Waals surface area contributed by atoms with Crippen LogP contribution in [0.25, 0.3) is 6.08 Å². The topological polar surface area (TPSA) is 45.2 Å². The summed E-state index contributed by atoms with van der Waals surface area (Å²) in [6.07, 6.45) is 3.20. The minimum Gasteiger partial charge on any atom is -0.493 e. The lowest BCUT2D eigenvalue weighted by Crippen LogP contribution is -1.94. The lowest BCUT2D eigenvalue weighted by Gasteiger charge is -2.10. The fourth-order valence-electron chi connectivity index (χ4n) is 1.43. The Bertz CT molecular complexity index is 555. The smallest absolute Gasteiger partial charge is 0.212 e. The lowest BCUT2D eigenvalue weighted by molar-refractivity contribution is 0.454. The second-order valence-electron chi connectivity index (χ2n) is 3.44. The molecule has 0 aliphatic rings. The Balaban J connectivity index is 2.39. The van der Waals surface area contributed by atoms with E-state index in [4.69, 9.17) is 11.6 Å². The minimum absolute atomic E-state index is 0.0508. The third-order valence-electron chi connectivity index (χ3n) is 2.28. The molecule has 0 amide bonds. The Labute approximate surface area is 104 Å². The van der Waals surface area contributed by atoms with Crippen molar-refractivity contribution < 1.29 is 5.11 Å². The van der Waals surface area contributed by atoms with Gasteiger partial charge in [0.1, 0.15) is 0 Å². The van der Waals surface area contributed by atoms with Gasteiger partial charge in [-0.1, -0.05) is 36.4 Å². The van der Waals surface area contributed by atoms with E-state index >= 15 is 0 Å². The Morgan fingerprint density at radius 2 is 2.06 bits per heavy atom. The normalized spacial score (nSPS) is 9.94. The molecular weight excluding hydrogens is 236 g/mol. The van der Waals surface area contributed by atoms with Crippen LogP contribution in [0.2, 0.25) is 5.02 Å². The minimum atomic E-state index is -0.0508. The van der Waals surface area contributed by atoms with Crippen LogP contribution >= 0.6 is 11.6 Å². The molecule has 17 heavy (non-hydrogen) atoms. The van der Waals surface area contributed by atoms with E-state index in [0.717, 1.165) is 11.3 Å². The molecule has 0 saturated heterocycles. The van der Waals surface area contributed by atoms with Gasteiger partial charge in [0.2, 0.25) is 5.88 Å². The second-order valence-corrected chi connectivity index (χ2v) is 3.85. The average Bonchev–Trinajstić information content (AvgIpc) is 2.32. The summed E-state index contributed by atoms with van der Waals surface area (Å²) in [5.41, 5.74) is 2.27. The highest BCUT2D eigenvalue weighted by atomic mass is 35.5. The summed E-state index contributed by atoms with van der Waals surface area (Å²) in [7, 11) is 0. The van der Waals surface area contributed by atoms with Crippen LogP contribution in [-0.4, -0.2) is 10.1 Å². The zero-order chi connectivity index (χ0) is 12.3. The Morgan fingerprint density at radius 3 is 2.76 bits per heavy atom. The Morgan fingerprint density at radius 1 is 1.29 bits per heavy atom. The molecule has 2 aromatic rings. The predicted octanol–water partition coefficient (Wildman–Crippen LogP) is 3.83. The molecule has 3 nitrogen and oxygen atoms in total. The van der Waals surface area contributed by atoms with Crippen LogP contribution in [0.5, 0.6) is 5.88 Å². The molecule has 0 fully saturated rings. The first kappa shape index (κ1) is 11.5. The molecule has 2 N–H and O–H groups in total. The predicted molar refractivity (Wildman–Crippen MR) is 70.7 cm³/mol. The van der Waals surface area contributed by atoms with Crippen molar-refractivity contribution in [3.63, 3.8) is 0 Å². The third kappa shape index (κ3) is 2.57. The van der Waals surface area contributed by atoms with Crippen molar-refractivity contribution in [2.24, 2.45) is 0 Å². The van der Waals surface area contributed by atoms with Crippen LogP contribution in [0, 0.1) is 0 Å². The van der Waals surface area contributed by atoms with Crippen molar-refractivity contribution in [3.8, 4) is 5.88 Å². The summed E-state index contributed by atoms with van der Waals surface area (Å²) in [5.74, 6) is -0.0508. The van der Waals surface area contributed by atoms with Gasteiger partial charge in [-0.3, -0.25) is 0 Å². The van der Waals surface area contributed by atoms with Crippen molar-refractivity contribution in [3.05, 3.63) is 53.7 Å². The quantitative estimate of drug-likeness (QED) is 0.865. The maximum absolute atomic E-state index is 9.36. The molecule has 1 heterocycles. The highest BCUT2D eigenvalue weighted by Gasteiger charge is 2.04. The summed E-state index contributed by atoms with van der Waals surface area (Å²) in [6.45, 7) is 3.69. The fraction of sp³-hybridized carbons (Fsp3) is 0. The van der Waals surface area contributed by atoms with Crippen LogP contribution in [0.4, 0.5) is 11.4 Å². The molecular formula is C13H11ClN2O. The number of anilines is 2. The van der Waals surface area contributed by atoms with Gasteiger partial charge in [0.15, 0.2) is 0 Å². The largest absolute Gasteiger partial charge is 0.493 e. The van der Waals surface area contributed by atoms with Gasteiger partial charge >= 0.3 is 0 Å². The highest BCUT2D eigenvalue weighted by molar-refractivity contribution is 6.33. The first-order valence-corrected chi connectivity index (χ1v) is 5.41. The molecule has 86 valence electrons. The Kier molecular flexibility index (Phi) is 3.30. The summed E-state index contributed by atoms with van der Waals surface area (Å²) in [5, 5.41) is 13.1. The van der Waals surface area contributed by atoms with E-state index in [1.807, 2.05) is 18.2 Å². The lowest BCUT2D eigenvalue weighted by atomic mass is 10.2. The molecule has 0 unspecified atom stereocenters. The number of hydrogen-bond acceptors (Lipinski definition) is 3. The van der Waals surface area contributed by atoms with Crippen LogP contribution in [0.1, 0.15) is 5.56 Å². The van der Waals surface area contributed by atoms with E-state index in [2.05, 4.69) is 16.9 Å². The molecule has 1 aromatic heterocycles. The zero-order valence-electron chi connectivity index (χ0n) is 9.02. The van der Waals surface area contributed by atoms with Gasteiger partial charge in [-0.25, -0.2) is 4.98 Å². The number of nitrogens with zero attached hydrogens (tertiary/aromatic N) is 1. The molecule has 1 aromatic carbocycles. The van der Waals surface area contributed by atoms with E-state index in [0.29, 0.717) is 10.7 Å². The van der Waals surface area contributed by atoms with Crippen molar-refractivity contribution in [1.29, 1.82) is 0 Å². The number of benzene rings is 1. The van der Waals surface area contributed by atoms with E-state index < -0.39 is 0 Å². The third-order valence-corrected chi connectivity index (χ3v) is 2.61. The molecule has 0 bridgehead atoms. The van der Waals surface area contributed by atoms with Crippen molar-refractivity contribution in [2.45, 2.75) is 0 Å². The van der Waals surface area contributed by atoms with E-state index in [1.54, 1.807) is 18.3 Å². The second kappa shape index (κ2) is 4.89. The number of aromatic nitrogens is 1. The molecule has 2 rings (SSSR count). The van der Waals surface area contributed by atoms with Gasteiger partial charge in [0, 0.05) is 17.8 Å². The molecule has 0 saturated carbocycles. The summed E-state index contributed by atoms with van der Waals surface area (Å²) >= 11 is 6.04. The maximum atomic E-state index is 9.36. The molecule has 0 aliphatic carbocycles. The Hall–Kier alpha value is -2.00. The number of nitrogens with one attached hydrogen (secondary N) is 1. The first-order valence-electron chi connectivity index (χ1n) is 5.03. The SMILES string of the molecule is C=Cc1cnc(O)cc1Nc1ccccc1Cl. The zero-order valence-corrected chi connectivity index (χ0v) is 9.78. The van der Waals surface area contributed by atoms with Crippen molar-refractivity contribution in [1.82, 2.24) is 4.98 Å². The van der Waals surface area contributed by atoms with Crippen LogP contribution in [-0.2, 0) is 0 Å². The fourth-order valence-corrected chi connectivity index (χ4v) is 1.62. The van der Waals surface area contributed by atoms with Gasteiger partial charge in [-0.15, -0.1) is 0 Å². The van der Waals surface area contributed by atoms with E-state index in [-0.39, 0.29) is 5.88 Å². The van der Waals surface area contributed by atoms with Crippen LogP contribution in [0.3, 0.4) is 0 Å². The van der Waals surface area contributed by atoms with Gasteiger partial charge in [0.05, 0.1) is 16.4 Å². The van der Waals surface area contributed by atoms with Crippen molar-refractivity contribution in [2.75, 3.05) is 5.32 Å². The number of hydrogen-bond donors (Lipinski definition) is 2. The number of rotatable bonds is 3. The number of para-hydroxylation sites is 1. The van der Waals surface area contributed by atoms with Gasteiger partial charge in [-0.05, 0) is 12.1 Å². The summed E-state index contributed by atoms with van der Waals surface area (Å²) in [6, 6.07) is 8.90. The van der Waals surface area contributed by atoms with E-state index in [9.17, 15) is 5.11 Å². The first-order chi connectivity index (χ1) is 8.20. The standard InChI is InChI=1S/C13H11ClN2O/c1-2-9-8-15-13(17)7-12(9)16-11-6-4-3-5-10(11)14/h2-8H,1H2,(H2,15,16,17). The van der Waals surface area contributed by atoms with Crippen LogP contribution in [0.15, 0.2) is 43.1 Å². The van der Waals surface area contributed by atoms with E-state index in [1.165, 1.54) is 6.07 Å². The van der Waals surface area contributed by atoms with Gasteiger partial charge in [0.25, 0.3) is 0 Å². The highest BCUT2D eigenvalue weighted by Crippen LogP contribution is 2.28. The molecule has 0 spiro atoms. The maximum Gasteiger partial charge on any atom is 0.212 e. The summed E-state index contributed by atoms with van der Waals surface area (Å²) in [4.78, 5) is 3.79. The summed E-state index contributed by atoms with van der Waals surface area (Å²) < 4.78 is 0. The molecule has 0 atom stereocenters. The van der Waals surface area contributed by atoms with Gasteiger partial charge < -0.3 is 10.4 Å².